The van der Waals surface area contributed by atoms with Gasteiger partial charge in [0.1, 0.15) is 0 Å². The molecule has 2 aliphatic rings. The third-order valence-electron chi connectivity index (χ3n) is 2.38. The first-order chi connectivity index (χ1) is 5.63. The van der Waals surface area contributed by atoms with Crippen LogP contribution in [0.3, 0.4) is 0 Å². The maximum Gasteiger partial charge on any atom is 0.242 e. The van der Waals surface area contributed by atoms with E-state index >= 15 is 0 Å². The second-order valence-electron chi connectivity index (χ2n) is 3.08. The third kappa shape index (κ3) is 0.834. The van der Waals surface area contributed by atoms with Crippen molar-refractivity contribution >= 4 is 23.6 Å². The molecule has 66 valence electrons. The van der Waals surface area contributed by atoms with Crippen LogP contribution >= 0.6 is 11.8 Å². The lowest BCUT2D eigenvalue weighted by Gasteiger charge is -2.09. The van der Waals surface area contributed by atoms with Crippen molar-refractivity contribution in [2.75, 3.05) is 12.8 Å². The number of carbonyl (C=O) groups is 2. The molecule has 2 saturated heterocycles. The van der Waals surface area contributed by atoms with Crippen LogP contribution in [-0.2, 0) is 9.59 Å². The number of nitrogens with zero attached hydrogens (tertiary/aromatic N) is 1. The Balaban J connectivity index is 2.32. The summed E-state index contributed by atoms with van der Waals surface area (Å²) in [5.74, 6) is -0.373. The van der Waals surface area contributed by atoms with Crippen molar-refractivity contribution in [3.05, 3.63) is 0 Å². The average molecular weight is 187 g/mol. The maximum absolute atomic E-state index is 11.3. The molecule has 2 amide bonds. The van der Waals surface area contributed by atoms with Crippen LogP contribution in [0.25, 0.3) is 0 Å². The quantitative estimate of drug-likeness (QED) is 0.498. The van der Waals surface area contributed by atoms with Crippen molar-refractivity contribution in [3.8, 4) is 0 Å². The Labute approximate surface area is 73.9 Å². The Bertz CT molecular complexity index is 255. The zero-order valence-electron chi connectivity index (χ0n) is 6.56. The van der Waals surface area contributed by atoms with Gasteiger partial charge in [0.15, 0.2) is 0 Å². The SMILES string of the molecule is CN1C(=O)[C@@H]2[C@H](O)CS[C@@H]2C1=O. The largest absolute Gasteiger partial charge is 0.391 e. The minimum Gasteiger partial charge on any atom is -0.391 e. The first-order valence-corrected chi connectivity index (χ1v) is 4.79. The number of amides is 2. The normalized spacial score (nSPS) is 40.8. The van der Waals surface area contributed by atoms with Crippen molar-refractivity contribution in [3.63, 3.8) is 0 Å². The molecule has 0 saturated carbocycles. The first kappa shape index (κ1) is 8.07. The van der Waals surface area contributed by atoms with E-state index in [1.165, 1.54) is 18.8 Å². The maximum atomic E-state index is 11.3. The van der Waals surface area contributed by atoms with E-state index in [0.29, 0.717) is 5.75 Å². The lowest BCUT2D eigenvalue weighted by Crippen LogP contribution is -2.30. The van der Waals surface area contributed by atoms with Crippen molar-refractivity contribution in [2.24, 2.45) is 5.92 Å². The number of rotatable bonds is 0. The summed E-state index contributed by atoms with van der Waals surface area (Å²) < 4.78 is 0. The molecule has 0 aromatic heterocycles. The fourth-order valence-electron chi connectivity index (χ4n) is 1.65. The van der Waals surface area contributed by atoms with Crippen LogP contribution in [-0.4, -0.2) is 46.0 Å². The summed E-state index contributed by atoms with van der Waals surface area (Å²) >= 11 is 1.37. The van der Waals surface area contributed by atoms with Crippen molar-refractivity contribution < 1.29 is 14.7 Å². The summed E-state index contributed by atoms with van der Waals surface area (Å²) in [6.45, 7) is 0. The lowest BCUT2D eigenvalue weighted by molar-refractivity contribution is -0.138. The summed E-state index contributed by atoms with van der Waals surface area (Å²) in [5, 5.41) is 9.06. The summed E-state index contributed by atoms with van der Waals surface area (Å²) in [5.41, 5.74) is 0. The Kier molecular flexibility index (Phi) is 1.66. The molecule has 12 heavy (non-hydrogen) atoms. The average Bonchev–Trinajstić information content (AvgIpc) is 2.51. The van der Waals surface area contributed by atoms with Crippen LogP contribution in [0.2, 0.25) is 0 Å². The highest BCUT2D eigenvalue weighted by atomic mass is 32.2. The fourth-order valence-corrected chi connectivity index (χ4v) is 3.07. The van der Waals surface area contributed by atoms with Crippen molar-refractivity contribution in [1.29, 1.82) is 0 Å². The van der Waals surface area contributed by atoms with Gasteiger partial charge in [-0.05, 0) is 0 Å². The summed E-state index contributed by atoms with van der Waals surface area (Å²) in [7, 11) is 1.47. The zero-order valence-corrected chi connectivity index (χ0v) is 7.37. The van der Waals surface area contributed by atoms with Gasteiger partial charge < -0.3 is 5.11 Å². The third-order valence-corrected chi connectivity index (χ3v) is 3.76. The number of hydrogen-bond acceptors (Lipinski definition) is 4. The van der Waals surface area contributed by atoms with Crippen LogP contribution in [0, 0.1) is 5.92 Å². The summed E-state index contributed by atoms with van der Waals surface area (Å²) in [6, 6.07) is 0. The van der Waals surface area contributed by atoms with E-state index in [1.54, 1.807) is 0 Å². The molecule has 3 atom stereocenters. The highest BCUT2D eigenvalue weighted by molar-refractivity contribution is 8.01. The number of hydrogen-bond donors (Lipinski definition) is 1. The number of thioether (sulfide) groups is 1. The molecule has 0 aromatic carbocycles. The van der Waals surface area contributed by atoms with Gasteiger partial charge in [-0.1, -0.05) is 0 Å². The van der Waals surface area contributed by atoms with Gasteiger partial charge in [0.25, 0.3) is 0 Å². The predicted molar refractivity (Wildman–Crippen MR) is 43.5 cm³/mol. The Morgan fingerprint density at radius 2 is 2.17 bits per heavy atom. The molecule has 1 N–H and O–H groups in total. The van der Waals surface area contributed by atoms with Crippen molar-refractivity contribution in [2.45, 2.75) is 11.4 Å². The molecular formula is C7H9NO3S. The summed E-state index contributed by atoms with van der Waals surface area (Å²) in [6.07, 6.45) is -0.638. The van der Waals surface area contributed by atoms with E-state index in [0.717, 1.165) is 4.90 Å². The van der Waals surface area contributed by atoms with Gasteiger partial charge in [0, 0.05) is 12.8 Å². The number of aliphatic hydroxyl groups is 1. The van der Waals surface area contributed by atoms with Crippen LogP contribution in [0.5, 0.6) is 0 Å². The molecule has 4 nitrogen and oxygen atoms in total. The van der Waals surface area contributed by atoms with Crippen molar-refractivity contribution in [1.82, 2.24) is 4.90 Å². The van der Waals surface area contributed by atoms with E-state index in [-0.39, 0.29) is 17.1 Å². The molecule has 0 aliphatic carbocycles. The minimum atomic E-state index is -0.638. The zero-order chi connectivity index (χ0) is 8.88. The van der Waals surface area contributed by atoms with E-state index < -0.39 is 12.0 Å². The molecular weight excluding hydrogens is 178 g/mol. The standard InChI is InChI=1S/C7H9NO3S/c1-8-6(10)4-3(9)2-12-5(4)7(8)11/h3-5,9H,2H2,1H3/t3-,4-,5+/m1/s1. The van der Waals surface area contributed by atoms with Gasteiger partial charge in [-0.2, -0.15) is 0 Å². The fraction of sp³-hybridized carbons (Fsp3) is 0.714. The van der Waals surface area contributed by atoms with Gasteiger partial charge in [0.2, 0.25) is 11.8 Å². The monoisotopic (exact) mass is 187 g/mol. The predicted octanol–water partition coefficient (Wildman–Crippen LogP) is -0.923. The van der Waals surface area contributed by atoms with Crippen LogP contribution in [0.4, 0.5) is 0 Å². The molecule has 0 unspecified atom stereocenters. The molecule has 5 heteroatoms. The van der Waals surface area contributed by atoms with E-state index in [2.05, 4.69) is 0 Å². The van der Waals surface area contributed by atoms with Crippen LogP contribution in [0.1, 0.15) is 0 Å². The van der Waals surface area contributed by atoms with Gasteiger partial charge in [-0.3, -0.25) is 14.5 Å². The number of imide groups is 1. The Morgan fingerprint density at radius 3 is 2.75 bits per heavy atom. The van der Waals surface area contributed by atoms with Gasteiger partial charge in [0.05, 0.1) is 17.3 Å². The Morgan fingerprint density at radius 1 is 1.50 bits per heavy atom. The lowest BCUT2D eigenvalue weighted by atomic mass is 10.0. The molecule has 0 bridgehead atoms. The van der Waals surface area contributed by atoms with Gasteiger partial charge >= 0.3 is 0 Å². The number of likely N-dealkylation sites (tertiary alicyclic amines) is 1. The summed E-state index contributed by atoms with van der Waals surface area (Å²) in [4.78, 5) is 23.8. The van der Waals surface area contributed by atoms with Gasteiger partial charge in [-0.15, -0.1) is 11.8 Å². The topological polar surface area (TPSA) is 57.6 Å². The van der Waals surface area contributed by atoms with Gasteiger partial charge in [-0.25, -0.2) is 0 Å². The second-order valence-corrected chi connectivity index (χ2v) is 4.26. The molecule has 0 spiro atoms. The highest BCUT2D eigenvalue weighted by Crippen LogP contribution is 2.39. The molecule has 2 fully saturated rings. The molecule has 0 aromatic rings. The number of carbonyl (C=O) groups excluding carboxylic acids is 2. The minimum absolute atomic E-state index is 0.161. The first-order valence-electron chi connectivity index (χ1n) is 3.74. The van der Waals surface area contributed by atoms with E-state index in [9.17, 15) is 14.7 Å². The Hall–Kier alpha value is -0.550. The smallest absolute Gasteiger partial charge is 0.242 e. The van der Waals surface area contributed by atoms with E-state index in [4.69, 9.17) is 0 Å². The molecule has 0 radical (unpaired) electrons. The highest BCUT2D eigenvalue weighted by Gasteiger charge is 2.53. The number of fused-ring (bicyclic) bond motifs is 1. The van der Waals surface area contributed by atoms with Crippen LogP contribution in [0.15, 0.2) is 0 Å². The molecule has 2 aliphatic heterocycles. The molecule has 2 rings (SSSR count). The van der Waals surface area contributed by atoms with E-state index in [1.807, 2.05) is 0 Å². The number of aliphatic hydroxyl groups excluding tert-OH is 1. The molecule has 2 heterocycles. The van der Waals surface area contributed by atoms with Crippen LogP contribution < -0.4 is 0 Å². The second kappa shape index (κ2) is 2.47.